The fourth-order valence-corrected chi connectivity index (χ4v) is 1.71. The van der Waals surface area contributed by atoms with E-state index in [9.17, 15) is 16.9 Å². The van der Waals surface area contributed by atoms with Gasteiger partial charge in [0, 0.05) is 20.1 Å². The molecule has 145 valence electrons. The second-order valence-electron chi connectivity index (χ2n) is 5.15. The summed E-state index contributed by atoms with van der Waals surface area (Å²) in [4.78, 5) is 0. The average Bonchev–Trinajstić information content (AvgIpc) is 2.22. The third-order valence-electron chi connectivity index (χ3n) is 2.67. The molecule has 0 aliphatic heterocycles. The molecule has 0 bridgehead atoms. The molecule has 1 radical (unpaired) electrons. The van der Waals surface area contributed by atoms with Crippen LogP contribution >= 0.6 is 0 Å². The van der Waals surface area contributed by atoms with Crippen LogP contribution < -0.4 is 0 Å². The zero-order valence-corrected chi connectivity index (χ0v) is 18.3. The minimum atomic E-state index is -11.2. The topological polar surface area (TPSA) is 0 Å². The van der Waals surface area contributed by atoms with Gasteiger partial charge in [0.25, 0.3) is 0 Å². The van der Waals surface area contributed by atoms with Crippen LogP contribution in [-0.4, -0.2) is 19.5 Å². The second-order valence-corrected chi connectivity index (χ2v) is 10.6. The average molecular weight is 644 g/mol. The Morgan fingerprint density at radius 1 is 0.375 bits per heavy atom. The number of allylic oxidation sites excluding steroid dienone is 8. The van der Waals surface area contributed by atoms with Gasteiger partial charge in [-0.25, -0.2) is 0 Å². The van der Waals surface area contributed by atoms with Crippen LogP contribution in [0.3, 0.4) is 0 Å². The smallest absolute Gasteiger partial charge is 0 e. The molecule has 0 atom stereocenters. The fourth-order valence-electron chi connectivity index (χ4n) is 1.71. The monoisotopic (exact) mass is 644 g/mol. The first-order valence-corrected chi connectivity index (χ1v) is 13.4. The van der Waals surface area contributed by atoms with Crippen molar-refractivity contribution in [3.63, 3.8) is 0 Å². The standard InChI is InChI=1S/2C8H12.6FH.Ir.Sb/c2*1-2-4-6-8-7-5-3-1;;;;;;;;/h2*1-2,7-8H,3-6H2;6*1H;;/q;;;;;;;;;+5/p-6. The molecule has 0 aromatic rings. The van der Waals surface area contributed by atoms with Crippen LogP contribution in [0.15, 0.2) is 48.6 Å². The van der Waals surface area contributed by atoms with Crippen molar-refractivity contribution in [1.29, 1.82) is 0 Å². The predicted molar refractivity (Wildman–Crippen MR) is 85.9 cm³/mol. The first-order chi connectivity index (χ1) is 10.4. The third kappa shape index (κ3) is 37.9. The molecule has 0 spiro atoms. The predicted octanol–water partition coefficient (Wildman–Crippen LogP) is 7.48. The van der Waals surface area contributed by atoms with E-state index >= 15 is 0 Å². The molecule has 0 nitrogen and oxygen atoms in total. The summed E-state index contributed by atoms with van der Waals surface area (Å²) in [6, 6.07) is 0. The Hall–Kier alpha value is 0.00753. The van der Waals surface area contributed by atoms with Crippen molar-refractivity contribution in [2.75, 3.05) is 0 Å². The maximum atomic E-state index is 9.93. The van der Waals surface area contributed by atoms with Gasteiger partial charge in [-0.15, -0.1) is 0 Å². The van der Waals surface area contributed by atoms with Gasteiger partial charge in [0.2, 0.25) is 0 Å². The minimum Gasteiger partial charge on any atom is 0 e. The Morgan fingerprint density at radius 3 is 0.542 bits per heavy atom. The van der Waals surface area contributed by atoms with E-state index in [-0.39, 0.29) is 20.1 Å². The van der Waals surface area contributed by atoms with Crippen LogP contribution in [0.2, 0.25) is 0 Å². The maximum absolute atomic E-state index is 11.2. The van der Waals surface area contributed by atoms with E-state index in [2.05, 4.69) is 48.6 Å². The molecule has 8 heteroatoms. The molecule has 24 heavy (non-hydrogen) atoms. The molecular weight excluding hydrogens is 620 g/mol. The van der Waals surface area contributed by atoms with Gasteiger partial charge in [0.05, 0.1) is 0 Å². The van der Waals surface area contributed by atoms with Gasteiger partial charge in [-0.3, -0.25) is 0 Å². The van der Waals surface area contributed by atoms with Crippen molar-refractivity contribution < 1.29 is 37.0 Å². The van der Waals surface area contributed by atoms with Crippen molar-refractivity contribution >= 4 is 19.5 Å². The minimum absolute atomic E-state index is 0. The molecule has 0 heterocycles. The van der Waals surface area contributed by atoms with Gasteiger partial charge in [-0.1, -0.05) is 48.6 Å². The summed E-state index contributed by atoms with van der Waals surface area (Å²) in [7, 11) is 0. The second kappa shape index (κ2) is 11.6. The molecule has 0 amide bonds. The quantitative estimate of drug-likeness (QED) is 0.146. The number of hydrogen-bond acceptors (Lipinski definition) is 0. The van der Waals surface area contributed by atoms with Crippen molar-refractivity contribution in [3.05, 3.63) is 48.6 Å². The normalized spacial score (nSPS) is 20.1. The Morgan fingerprint density at radius 2 is 0.458 bits per heavy atom. The fraction of sp³-hybridized carbons (Fsp3) is 0.500. The summed E-state index contributed by atoms with van der Waals surface area (Å²) >= 11 is -11.2. The summed E-state index contributed by atoms with van der Waals surface area (Å²) < 4.78 is 59.6. The number of halogens is 6. The summed E-state index contributed by atoms with van der Waals surface area (Å²) in [5.74, 6) is 0. The van der Waals surface area contributed by atoms with Crippen molar-refractivity contribution in [2.45, 2.75) is 51.4 Å². The molecule has 0 fully saturated rings. The Kier molecular flexibility index (Phi) is 12.7. The van der Waals surface area contributed by atoms with Gasteiger partial charge in [0.15, 0.2) is 0 Å². The van der Waals surface area contributed by atoms with Crippen LogP contribution in [0.1, 0.15) is 51.4 Å². The van der Waals surface area contributed by atoms with Crippen LogP contribution in [0, 0.1) is 0 Å². The molecular formula is C16H24F6IrSb-. The van der Waals surface area contributed by atoms with Crippen LogP contribution in [-0.2, 0) is 20.1 Å². The van der Waals surface area contributed by atoms with E-state index in [1.807, 2.05) is 0 Å². The van der Waals surface area contributed by atoms with Crippen molar-refractivity contribution in [1.82, 2.24) is 0 Å². The molecule has 0 saturated heterocycles. The zero-order chi connectivity index (χ0) is 17.7. The SMILES string of the molecule is C1=CCCC=CCC1.C1=CCCC=CCC1.[F][Sb-]([F])([F])([F])([F])[F].[Ir]. The van der Waals surface area contributed by atoms with Crippen molar-refractivity contribution in [2.24, 2.45) is 0 Å². The molecule has 0 saturated carbocycles. The maximum Gasteiger partial charge on any atom is 0 e. The number of rotatable bonds is 0. The van der Waals surface area contributed by atoms with Crippen LogP contribution in [0.5, 0.6) is 0 Å². The van der Waals surface area contributed by atoms with Crippen LogP contribution in [0.25, 0.3) is 0 Å². The summed E-state index contributed by atoms with van der Waals surface area (Å²) in [6.45, 7) is 0. The Balaban J connectivity index is 0. The van der Waals surface area contributed by atoms with E-state index < -0.39 is 19.5 Å². The van der Waals surface area contributed by atoms with Crippen LogP contribution in [0.4, 0.5) is 16.9 Å². The number of hydrogen-bond donors (Lipinski definition) is 0. The summed E-state index contributed by atoms with van der Waals surface area (Å²) in [5.41, 5.74) is 0. The third-order valence-corrected chi connectivity index (χ3v) is 2.67. The van der Waals surface area contributed by atoms with E-state index in [1.165, 1.54) is 51.4 Å². The van der Waals surface area contributed by atoms with Gasteiger partial charge >= 0.3 is 36.4 Å². The van der Waals surface area contributed by atoms with E-state index in [1.54, 1.807) is 0 Å². The van der Waals surface area contributed by atoms with E-state index in [0.29, 0.717) is 0 Å². The summed E-state index contributed by atoms with van der Waals surface area (Å²) in [5, 5.41) is 0. The van der Waals surface area contributed by atoms with Gasteiger partial charge in [-0.2, -0.15) is 0 Å². The van der Waals surface area contributed by atoms with Crippen molar-refractivity contribution in [3.8, 4) is 0 Å². The van der Waals surface area contributed by atoms with Gasteiger partial charge in [0.1, 0.15) is 0 Å². The van der Waals surface area contributed by atoms with Gasteiger partial charge < -0.3 is 0 Å². The van der Waals surface area contributed by atoms with E-state index in [0.717, 1.165) is 0 Å². The molecule has 0 aromatic heterocycles. The molecule has 0 aromatic carbocycles. The zero-order valence-electron chi connectivity index (χ0n) is 13.3. The molecule has 2 aliphatic carbocycles. The largest absolute Gasteiger partial charge is 0 e. The molecule has 2 aliphatic rings. The molecule has 2 rings (SSSR count). The first-order valence-electron chi connectivity index (χ1n) is 7.61. The molecule has 0 unspecified atom stereocenters. The Labute approximate surface area is 156 Å². The molecule has 0 N–H and O–H groups in total. The first kappa shape index (κ1) is 26.2. The Bertz CT molecular complexity index is 343. The van der Waals surface area contributed by atoms with E-state index in [4.69, 9.17) is 0 Å². The summed E-state index contributed by atoms with van der Waals surface area (Å²) in [6.07, 6.45) is 28.0. The van der Waals surface area contributed by atoms with Gasteiger partial charge in [-0.05, 0) is 51.4 Å².